The van der Waals surface area contributed by atoms with E-state index in [1.165, 1.54) is 31.3 Å². The molecule has 0 aromatic carbocycles. The molecule has 2 saturated carbocycles. The molecule has 6 atom stereocenters. The fraction of sp³-hybridized carbons (Fsp3) is 0.852. The summed E-state index contributed by atoms with van der Waals surface area (Å²) in [5.74, 6) is 2.40. The van der Waals surface area contributed by atoms with Crippen molar-refractivity contribution in [2.45, 2.75) is 118 Å². The summed E-state index contributed by atoms with van der Waals surface area (Å²) in [6.07, 6.45) is 14.7. The Morgan fingerprint density at radius 2 is 1.86 bits per heavy atom. The second-order valence-corrected chi connectivity index (χ2v) is 11.4. The predicted molar refractivity (Wildman–Crippen MR) is 125 cm³/mol. The monoisotopic (exact) mass is 404 g/mol. The lowest BCUT2D eigenvalue weighted by Gasteiger charge is -2.48. The quantitative estimate of drug-likeness (QED) is 0.477. The molecule has 168 valence electrons. The van der Waals surface area contributed by atoms with E-state index in [0.717, 1.165) is 32.1 Å². The van der Waals surface area contributed by atoms with Crippen LogP contribution in [0.3, 0.4) is 0 Å². The van der Waals surface area contributed by atoms with Gasteiger partial charge in [-0.3, -0.25) is 0 Å². The van der Waals surface area contributed by atoms with Gasteiger partial charge in [-0.15, -0.1) is 0 Å². The summed E-state index contributed by atoms with van der Waals surface area (Å²) in [5.41, 5.74) is 2.83. The first kappa shape index (κ1) is 24.7. The Labute approximate surface area is 180 Å². The highest BCUT2D eigenvalue weighted by Gasteiger charge is 2.42. The number of hydrogen-bond acceptors (Lipinski definition) is 2. The highest BCUT2D eigenvalue weighted by atomic mass is 16.3. The van der Waals surface area contributed by atoms with Gasteiger partial charge in [-0.2, -0.15) is 0 Å². The van der Waals surface area contributed by atoms with Gasteiger partial charge in [0, 0.05) is 0 Å². The van der Waals surface area contributed by atoms with E-state index in [1.54, 1.807) is 5.57 Å². The molecule has 2 heteroatoms. The van der Waals surface area contributed by atoms with Gasteiger partial charge in [0.15, 0.2) is 0 Å². The number of aliphatic hydroxyl groups excluding tert-OH is 1. The highest BCUT2D eigenvalue weighted by Crippen LogP contribution is 2.51. The second kappa shape index (κ2) is 10.1. The zero-order valence-corrected chi connectivity index (χ0v) is 20.3. The Morgan fingerprint density at radius 3 is 2.48 bits per heavy atom. The molecule has 2 rings (SSSR count). The Balaban J connectivity index is 2.03. The fourth-order valence-electron chi connectivity index (χ4n) is 5.69. The van der Waals surface area contributed by atoms with E-state index >= 15 is 0 Å². The van der Waals surface area contributed by atoms with Crippen LogP contribution < -0.4 is 0 Å². The average Bonchev–Trinajstić information content (AvgIpc) is 2.64. The first-order valence-corrected chi connectivity index (χ1v) is 12.2. The summed E-state index contributed by atoms with van der Waals surface area (Å²) in [6, 6.07) is 0. The van der Waals surface area contributed by atoms with E-state index < -0.39 is 5.60 Å². The molecule has 2 fully saturated rings. The minimum atomic E-state index is -0.543. The predicted octanol–water partition coefficient (Wildman–Crippen LogP) is 7.06. The van der Waals surface area contributed by atoms with Crippen molar-refractivity contribution in [1.29, 1.82) is 0 Å². The lowest BCUT2D eigenvalue weighted by atomic mass is 9.57. The normalized spacial score (nSPS) is 36.4. The third-order valence-corrected chi connectivity index (χ3v) is 8.65. The van der Waals surface area contributed by atoms with Gasteiger partial charge in [-0.25, -0.2) is 0 Å². The lowest BCUT2D eigenvalue weighted by Crippen LogP contribution is -2.39. The van der Waals surface area contributed by atoms with Gasteiger partial charge in [0.25, 0.3) is 0 Å². The fourth-order valence-corrected chi connectivity index (χ4v) is 5.69. The van der Waals surface area contributed by atoms with Crippen LogP contribution in [0.25, 0.3) is 0 Å². The van der Waals surface area contributed by atoms with Crippen LogP contribution in [-0.2, 0) is 0 Å². The van der Waals surface area contributed by atoms with E-state index in [0.29, 0.717) is 29.1 Å². The molecule has 2 aliphatic rings. The molecule has 0 spiro atoms. The third-order valence-electron chi connectivity index (χ3n) is 8.65. The van der Waals surface area contributed by atoms with Crippen molar-refractivity contribution in [2.24, 2.45) is 29.1 Å². The molecular weight excluding hydrogens is 356 g/mol. The summed E-state index contributed by atoms with van der Waals surface area (Å²) >= 11 is 0. The van der Waals surface area contributed by atoms with Crippen molar-refractivity contribution < 1.29 is 10.2 Å². The first-order valence-electron chi connectivity index (χ1n) is 12.2. The molecule has 0 saturated heterocycles. The van der Waals surface area contributed by atoms with E-state index in [9.17, 15) is 10.2 Å². The van der Waals surface area contributed by atoms with Crippen molar-refractivity contribution in [1.82, 2.24) is 0 Å². The zero-order chi connectivity index (χ0) is 21.8. The number of hydrogen-bond donors (Lipinski definition) is 2. The summed E-state index contributed by atoms with van der Waals surface area (Å²) < 4.78 is 0. The van der Waals surface area contributed by atoms with Crippen LogP contribution in [0.5, 0.6) is 0 Å². The molecule has 5 unspecified atom stereocenters. The van der Waals surface area contributed by atoms with Gasteiger partial charge in [0.1, 0.15) is 0 Å². The molecule has 0 aromatic heterocycles. The molecule has 2 nitrogen and oxygen atoms in total. The van der Waals surface area contributed by atoms with Gasteiger partial charge < -0.3 is 10.2 Å². The van der Waals surface area contributed by atoms with Crippen LogP contribution in [0.1, 0.15) is 106 Å². The molecule has 0 aromatic rings. The Hall–Kier alpha value is -0.600. The number of aliphatic hydroxyl groups is 2. The zero-order valence-electron chi connectivity index (χ0n) is 20.3. The van der Waals surface area contributed by atoms with Crippen LogP contribution in [0.4, 0.5) is 0 Å². The van der Waals surface area contributed by atoms with Gasteiger partial charge >= 0.3 is 0 Å². The van der Waals surface area contributed by atoms with Crippen molar-refractivity contribution in [3.63, 3.8) is 0 Å². The Bertz CT molecular complexity index is 582. The minimum Gasteiger partial charge on any atom is -0.393 e. The van der Waals surface area contributed by atoms with Crippen LogP contribution in [0.15, 0.2) is 23.3 Å². The van der Waals surface area contributed by atoms with Crippen molar-refractivity contribution in [3.8, 4) is 0 Å². The molecule has 0 bridgehead atoms. The molecule has 0 radical (unpaired) electrons. The first-order chi connectivity index (χ1) is 13.4. The largest absolute Gasteiger partial charge is 0.393 e. The summed E-state index contributed by atoms with van der Waals surface area (Å²) in [5, 5.41) is 20.2. The molecule has 0 aliphatic heterocycles. The topological polar surface area (TPSA) is 40.5 Å². The van der Waals surface area contributed by atoms with Crippen LogP contribution in [0.2, 0.25) is 0 Å². The molecule has 29 heavy (non-hydrogen) atoms. The highest BCUT2D eigenvalue weighted by molar-refractivity contribution is 5.24. The maximum atomic E-state index is 10.2. The van der Waals surface area contributed by atoms with Crippen molar-refractivity contribution >= 4 is 0 Å². The SMILES string of the molecule is CC1CC/C(=C/C=C2\CCCC(C)(C(C)[C@H](C)CCCC(C)(C)O)C2C)CC1O. The smallest absolute Gasteiger partial charge is 0.0603 e. The maximum absolute atomic E-state index is 10.2. The standard InChI is InChI=1S/C27H48O2/c1-19(10-8-16-26(5,6)29)21(3)27(7)17-9-11-24(22(27)4)15-14-23-13-12-20(2)25(28)18-23/h14-15,19-22,25,28-29H,8-13,16-18H2,1-7H3/b23-14-,24-15+/t19-,20?,21?,22?,25?,27?/m1/s1. The summed E-state index contributed by atoms with van der Waals surface area (Å²) in [6.45, 7) is 15.8. The van der Waals surface area contributed by atoms with E-state index in [4.69, 9.17) is 0 Å². The molecule has 0 heterocycles. The third kappa shape index (κ3) is 6.69. The van der Waals surface area contributed by atoms with Gasteiger partial charge in [0.05, 0.1) is 11.7 Å². The number of rotatable bonds is 7. The van der Waals surface area contributed by atoms with Gasteiger partial charge in [-0.1, -0.05) is 70.8 Å². The van der Waals surface area contributed by atoms with Crippen LogP contribution in [0, 0.1) is 29.1 Å². The summed E-state index contributed by atoms with van der Waals surface area (Å²) in [7, 11) is 0. The van der Waals surface area contributed by atoms with Gasteiger partial charge in [0.2, 0.25) is 0 Å². The molecule has 2 N–H and O–H groups in total. The average molecular weight is 405 g/mol. The maximum Gasteiger partial charge on any atom is 0.0603 e. The second-order valence-electron chi connectivity index (χ2n) is 11.4. The molecule has 0 amide bonds. The molecular formula is C27H48O2. The Morgan fingerprint density at radius 1 is 1.17 bits per heavy atom. The van der Waals surface area contributed by atoms with E-state index in [1.807, 2.05) is 13.8 Å². The number of allylic oxidation sites excluding steroid dienone is 3. The van der Waals surface area contributed by atoms with E-state index in [2.05, 4.69) is 46.8 Å². The Kier molecular flexibility index (Phi) is 8.62. The van der Waals surface area contributed by atoms with E-state index in [-0.39, 0.29) is 6.10 Å². The summed E-state index contributed by atoms with van der Waals surface area (Å²) in [4.78, 5) is 0. The lowest BCUT2D eigenvalue weighted by molar-refractivity contribution is 0.0470. The minimum absolute atomic E-state index is 0.160. The van der Waals surface area contributed by atoms with Gasteiger partial charge in [-0.05, 0) is 87.9 Å². The van der Waals surface area contributed by atoms with Crippen LogP contribution >= 0.6 is 0 Å². The van der Waals surface area contributed by atoms with Crippen molar-refractivity contribution in [3.05, 3.63) is 23.3 Å². The van der Waals surface area contributed by atoms with Crippen molar-refractivity contribution in [2.75, 3.05) is 0 Å². The van der Waals surface area contributed by atoms with Crippen LogP contribution in [-0.4, -0.2) is 21.9 Å². The molecule has 2 aliphatic carbocycles.